The van der Waals surface area contributed by atoms with E-state index >= 15 is 0 Å². The Hall–Kier alpha value is -3.52. The molecule has 1 aliphatic heterocycles. The van der Waals surface area contributed by atoms with Gasteiger partial charge < -0.3 is 15.3 Å². The van der Waals surface area contributed by atoms with Crippen molar-refractivity contribution in [3.05, 3.63) is 71.3 Å². The van der Waals surface area contributed by atoms with Crippen molar-refractivity contribution >= 4 is 23.4 Å². The van der Waals surface area contributed by atoms with Crippen molar-refractivity contribution in [2.45, 2.75) is 25.3 Å². The monoisotopic (exact) mass is 451 g/mol. The maximum absolute atomic E-state index is 12.9. The van der Waals surface area contributed by atoms with E-state index in [1.807, 2.05) is 29.2 Å². The summed E-state index contributed by atoms with van der Waals surface area (Å²) in [5, 5.41) is 12.7. The van der Waals surface area contributed by atoms with Crippen LogP contribution in [0.2, 0.25) is 5.02 Å². The van der Waals surface area contributed by atoms with E-state index in [4.69, 9.17) is 16.6 Å². The summed E-state index contributed by atoms with van der Waals surface area (Å²) in [5.41, 5.74) is 1.85. The van der Waals surface area contributed by atoms with Gasteiger partial charge in [-0.3, -0.25) is 14.6 Å². The molecule has 32 heavy (non-hydrogen) atoms. The molecule has 0 spiro atoms. The molecule has 164 valence electrons. The summed E-state index contributed by atoms with van der Waals surface area (Å²) in [7, 11) is 0. The van der Waals surface area contributed by atoms with Crippen molar-refractivity contribution < 1.29 is 14.7 Å². The maximum Gasteiger partial charge on any atom is 0.252 e. The summed E-state index contributed by atoms with van der Waals surface area (Å²) in [5.74, 6) is 0.0396. The minimum absolute atomic E-state index is 0.0512. The standard InChI is InChI=1S/C23H22ClN5O3/c24-17-4-1-3-15(11-17)22-26-8-6-19(28-22)20-5-2-10-29(20)21(31)7-9-27-23(32)16-12-18(30)14-25-13-16/h1,3-4,6,8,11-14,20,30H,2,5,7,9-10H2,(H,27,32)/t20-/m0/s1. The zero-order chi connectivity index (χ0) is 22.5. The highest BCUT2D eigenvalue weighted by molar-refractivity contribution is 6.30. The van der Waals surface area contributed by atoms with E-state index in [2.05, 4.69) is 15.3 Å². The molecule has 3 aromatic rings. The molecular formula is C23H22ClN5O3. The molecule has 1 aromatic carbocycles. The van der Waals surface area contributed by atoms with Gasteiger partial charge in [-0.2, -0.15) is 0 Å². The zero-order valence-corrected chi connectivity index (χ0v) is 18.0. The van der Waals surface area contributed by atoms with Gasteiger partial charge in [-0.1, -0.05) is 23.7 Å². The van der Waals surface area contributed by atoms with Crippen LogP contribution < -0.4 is 5.32 Å². The fraction of sp³-hybridized carbons (Fsp3) is 0.261. The number of pyridine rings is 1. The molecule has 2 amide bonds. The molecule has 1 atom stereocenters. The van der Waals surface area contributed by atoms with Crippen molar-refractivity contribution in [3.8, 4) is 17.1 Å². The summed E-state index contributed by atoms with van der Waals surface area (Å²) in [6.07, 6.45) is 6.18. The molecule has 9 heteroatoms. The summed E-state index contributed by atoms with van der Waals surface area (Å²) in [4.78, 5) is 39.7. The van der Waals surface area contributed by atoms with Crippen LogP contribution in [0.25, 0.3) is 11.4 Å². The third-order valence-electron chi connectivity index (χ3n) is 5.28. The summed E-state index contributed by atoms with van der Waals surface area (Å²) in [6.45, 7) is 0.832. The van der Waals surface area contributed by atoms with Crippen LogP contribution in [0.15, 0.2) is 55.0 Å². The Morgan fingerprint density at radius 1 is 1.22 bits per heavy atom. The van der Waals surface area contributed by atoms with Gasteiger partial charge in [-0.05, 0) is 37.1 Å². The van der Waals surface area contributed by atoms with Gasteiger partial charge >= 0.3 is 0 Å². The highest BCUT2D eigenvalue weighted by atomic mass is 35.5. The fourth-order valence-corrected chi connectivity index (χ4v) is 3.97. The van der Waals surface area contributed by atoms with Gasteiger partial charge in [0.05, 0.1) is 23.5 Å². The fourth-order valence-electron chi connectivity index (χ4n) is 3.78. The normalized spacial score (nSPS) is 15.5. The van der Waals surface area contributed by atoms with Crippen molar-refractivity contribution in [3.63, 3.8) is 0 Å². The molecule has 4 rings (SSSR count). The first-order chi connectivity index (χ1) is 15.5. The predicted molar refractivity (Wildman–Crippen MR) is 119 cm³/mol. The number of likely N-dealkylation sites (tertiary alicyclic amines) is 1. The number of rotatable bonds is 6. The Labute approximate surface area is 190 Å². The lowest BCUT2D eigenvalue weighted by Gasteiger charge is -2.24. The SMILES string of the molecule is O=C(NCCC(=O)N1CCC[C@H]1c1ccnc(-c2cccc(Cl)c2)n1)c1cncc(O)c1. The van der Waals surface area contributed by atoms with Crippen LogP contribution in [0.1, 0.15) is 41.4 Å². The lowest BCUT2D eigenvalue weighted by molar-refractivity contribution is -0.132. The van der Waals surface area contributed by atoms with Gasteiger partial charge in [0.25, 0.3) is 5.91 Å². The van der Waals surface area contributed by atoms with Gasteiger partial charge in [0.2, 0.25) is 5.91 Å². The van der Waals surface area contributed by atoms with Crippen LogP contribution in [-0.2, 0) is 4.79 Å². The Morgan fingerprint density at radius 3 is 2.91 bits per heavy atom. The summed E-state index contributed by atoms with van der Waals surface area (Å²) >= 11 is 6.09. The topological polar surface area (TPSA) is 108 Å². The molecule has 0 radical (unpaired) electrons. The maximum atomic E-state index is 12.9. The number of aromatic hydroxyl groups is 1. The smallest absolute Gasteiger partial charge is 0.252 e. The largest absolute Gasteiger partial charge is 0.506 e. The molecule has 1 aliphatic rings. The number of carbonyl (C=O) groups excluding carboxylic acids is 2. The first-order valence-electron chi connectivity index (χ1n) is 10.3. The first kappa shape index (κ1) is 21.7. The lowest BCUT2D eigenvalue weighted by atomic mass is 10.1. The van der Waals surface area contributed by atoms with E-state index < -0.39 is 0 Å². The minimum Gasteiger partial charge on any atom is -0.506 e. The second kappa shape index (κ2) is 9.74. The van der Waals surface area contributed by atoms with E-state index in [0.29, 0.717) is 17.4 Å². The van der Waals surface area contributed by atoms with E-state index in [1.165, 1.54) is 18.5 Å². The molecule has 2 N–H and O–H groups in total. The molecule has 0 aliphatic carbocycles. The van der Waals surface area contributed by atoms with Gasteiger partial charge in [-0.15, -0.1) is 0 Å². The Bertz CT molecular complexity index is 1140. The quantitative estimate of drug-likeness (QED) is 0.594. The number of aromatic nitrogens is 3. The van der Waals surface area contributed by atoms with E-state index in [9.17, 15) is 14.7 Å². The van der Waals surface area contributed by atoms with Crippen molar-refractivity contribution in [2.24, 2.45) is 0 Å². The average molecular weight is 452 g/mol. The van der Waals surface area contributed by atoms with Crippen LogP contribution in [0.3, 0.4) is 0 Å². The number of nitrogens with zero attached hydrogens (tertiary/aromatic N) is 4. The molecule has 8 nitrogen and oxygen atoms in total. The van der Waals surface area contributed by atoms with Crippen LogP contribution in [-0.4, -0.2) is 49.9 Å². The Kier molecular flexibility index (Phi) is 6.61. The summed E-state index contributed by atoms with van der Waals surface area (Å²) < 4.78 is 0. The lowest BCUT2D eigenvalue weighted by Crippen LogP contribution is -2.34. The predicted octanol–water partition coefficient (Wildman–Crippen LogP) is 3.38. The van der Waals surface area contributed by atoms with Crippen molar-refractivity contribution in [2.75, 3.05) is 13.1 Å². The van der Waals surface area contributed by atoms with Gasteiger partial charge in [0, 0.05) is 42.5 Å². The van der Waals surface area contributed by atoms with Crippen LogP contribution in [0, 0.1) is 0 Å². The number of hydrogen-bond acceptors (Lipinski definition) is 6. The van der Waals surface area contributed by atoms with E-state index in [1.54, 1.807) is 12.3 Å². The molecule has 0 bridgehead atoms. The third kappa shape index (κ3) is 5.03. The van der Waals surface area contributed by atoms with Crippen molar-refractivity contribution in [1.29, 1.82) is 0 Å². The number of carbonyl (C=O) groups is 2. The van der Waals surface area contributed by atoms with Crippen molar-refractivity contribution in [1.82, 2.24) is 25.2 Å². The highest BCUT2D eigenvalue weighted by Crippen LogP contribution is 2.32. The summed E-state index contributed by atoms with van der Waals surface area (Å²) in [6, 6.07) is 10.4. The van der Waals surface area contributed by atoms with Gasteiger partial charge in [0.1, 0.15) is 5.75 Å². The second-order valence-electron chi connectivity index (χ2n) is 7.50. The van der Waals surface area contributed by atoms with Crippen LogP contribution in [0.4, 0.5) is 0 Å². The molecule has 3 heterocycles. The molecule has 0 saturated carbocycles. The average Bonchev–Trinajstić information content (AvgIpc) is 3.29. The number of amides is 2. The Balaban J connectivity index is 1.39. The Morgan fingerprint density at radius 2 is 2.09 bits per heavy atom. The molecule has 1 fully saturated rings. The van der Waals surface area contributed by atoms with E-state index in [-0.39, 0.29) is 42.1 Å². The minimum atomic E-state index is -0.388. The molecule has 2 aromatic heterocycles. The third-order valence-corrected chi connectivity index (χ3v) is 5.52. The highest BCUT2D eigenvalue weighted by Gasteiger charge is 2.31. The molecule has 0 unspecified atom stereocenters. The number of hydrogen-bond donors (Lipinski definition) is 2. The van der Waals surface area contributed by atoms with Crippen LogP contribution in [0.5, 0.6) is 5.75 Å². The molecular weight excluding hydrogens is 430 g/mol. The number of halogens is 1. The molecule has 1 saturated heterocycles. The van der Waals surface area contributed by atoms with Gasteiger partial charge in [0.15, 0.2) is 5.82 Å². The van der Waals surface area contributed by atoms with Gasteiger partial charge in [-0.25, -0.2) is 9.97 Å². The zero-order valence-electron chi connectivity index (χ0n) is 17.2. The van der Waals surface area contributed by atoms with Crippen LogP contribution >= 0.6 is 11.6 Å². The van der Waals surface area contributed by atoms with E-state index in [0.717, 1.165) is 24.1 Å². The number of benzene rings is 1. The second-order valence-corrected chi connectivity index (χ2v) is 7.93. The number of nitrogens with one attached hydrogen (secondary N) is 1. The first-order valence-corrected chi connectivity index (χ1v) is 10.7.